The average Bonchev–Trinajstić information content (AvgIpc) is 3.23. The third kappa shape index (κ3) is 2.57. The summed E-state index contributed by atoms with van der Waals surface area (Å²) in [6.45, 7) is 0.820. The van der Waals surface area contributed by atoms with Crippen molar-refractivity contribution in [1.82, 2.24) is 15.3 Å². The minimum Gasteiger partial charge on any atom is -0.355 e. The predicted molar refractivity (Wildman–Crippen MR) is 92.0 cm³/mol. The average molecular weight is 308 g/mol. The molecule has 1 saturated carbocycles. The Morgan fingerprint density at radius 3 is 2.83 bits per heavy atom. The van der Waals surface area contributed by atoms with Gasteiger partial charge in [-0.1, -0.05) is 18.2 Å². The van der Waals surface area contributed by atoms with Crippen molar-refractivity contribution < 1.29 is 4.79 Å². The van der Waals surface area contributed by atoms with E-state index in [1.54, 1.807) is 0 Å². The van der Waals surface area contributed by atoms with Gasteiger partial charge in [0.25, 0.3) is 5.91 Å². The lowest BCUT2D eigenvalue weighted by Gasteiger charge is -2.10. The van der Waals surface area contributed by atoms with E-state index in [-0.39, 0.29) is 5.91 Å². The van der Waals surface area contributed by atoms with Crippen LogP contribution in [0, 0.1) is 5.92 Å². The Labute approximate surface area is 135 Å². The van der Waals surface area contributed by atoms with Gasteiger partial charge in [-0.05, 0) is 44.6 Å². The largest absolute Gasteiger partial charge is 0.355 e. The second-order valence-electron chi connectivity index (χ2n) is 6.57. The summed E-state index contributed by atoms with van der Waals surface area (Å²) in [5, 5.41) is 5.43. The Morgan fingerprint density at radius 1 is 1.30 bits per heavy atom. The Balaban J connectivity index is 1.83. The van der Waals surface area contributed by atoms with Crippen molar-refractivity contribution in [2.45, 2.75) is 19.4 Å². The van der Waals surface area contributed by atoms with Gasteiger partial charge in [-0.2, -0.15) is 5.10 Å². The number of hydrogen-bond acceptors (Lipinski definition) is 3. The third-order valence-electron chi connectivity index (χ3n) is 4.37. The summed E-state index contributed by atoms with van der Waals surface area (Å²) in [7, 11) is 4.11. The number of amides is 1. The molecule has 0 spiro atoms. The monoisotopic (exact) mass is 308 g/mol. The van der Waals surface area contributed by atoms with E-state index in [0.29, 0.717) is 11.5 Å². The van der Waals surface area contributed by atoms with Gasteiger partial charge in [-0.15, -0.1) is 0 Å². The number of hydrazone groups is 1. The van der Waals surface area contributed by atoms with Crippen LogP contribution in [-0.2, 0) is 11.3 Å². The number of benzene rings is 1. The number of aromatic nitrogens is 1. The van der Waals surface area contributed by atoms with Crippen molar-refractivity contribution in [1.29, 1.82) is 0 Å². The quantitative estimate of drug-likeness (QED) is 0.853. The highest BCUT2D eigenvalue weighted by molar-refractivity contribution is 6.28. The van der Waals surface area contributed by atoms with E-state index in [9.17, 15) is 4.79 Å². The zero-order valence-electron chi connectivity index (χ0n) is 13.4. The van der Waals surface area contributed by atoms with Crippen molar-refractivity contribution in [3.63, 3.8) is 0 Å². The van der Waals surface area contributed by atoms with Gasteiger partial charge in [0.2, 0.25) is 0 Å². The summed E-state index contributed by atoms with van der Waals surface area (Å²) in [4.78, 5) is 17.8. The van der Waals surface area contributed by atoms with Crippen molar-refractivity contribution in [3.05, 3.63) is 41.1 Å². The standard InChI is InChI=1S/C18H20N4O/c1-22(2)10-14-12-5-3-4-6-15(12)19-16(14)9-13-17(11-7-8-11)20-21-18(13)23/h3-6,9,11,19H,7-8,10H2,1-2H3,(H,21,23). The zero-order valence-corrected chi connectivity index (χ0v) is 13.4. The fourth-order valence-electron chi connectivity index (χ4n) is 3.13. The highest BCUT2D eigenvalue weighted by Gasteiger charge is 2.36. The molecule has 0 unspecified atom stereocenters. The van der Waals surface area contributed by atoms with Crippen LogP contribution >= 0.6 is 0 Å². The SMILES string of the molecule is CN(C)Cc1c(C=C2C(=O)NN=C2C2CC2)[nH]c2ccccc12. The predicted octanol–water partition coefficient (Wildman–Crippen LogP) is 2.51. The number of para-hydroxylation sites is 1. The molecule has 0 atom stereocenters. The molecule has 2 heterocycles. The first-order chi connectivity index (χ1) is 11.1. The molecule has 1 aliphatic heterocycles. The first-order valence-corrected chi connectivity index (χ1v) is 7.98. The molecule has 1 aliphatic carbocycles. The van der Waals surface area contributed by atoms with Crippen molar-refractivity contribution >= 4 is 28.6 Å². The first kappa shape index (κ1) is 14.2. The van der Waals surface area contributed by atoms with E-state index >= 15 is 0 Å². The molecule has 1 fully saturated rings. The second kappa shape index (κ2) is 5.35. The van der Waals surface area contributed by atoms with E-state index in [1.165, 1.54) is 10.9 Å². The normalized spacial score (nSPS) is 19.7. The third-order valence-corrected chi connectivity index (χ3v) is 4.37. The van der Waals surface area contributed by atoms with Crippen molar-refractivity contribution in [3.8, 4) is 0 Å². The van der Waals surface area contributed by atoms with Crippen LogP contribution in [0.4, 0.5) is 0 Å². The summed E-state index contributed by atoms with van der Waals surface area (Å²) < 4.78 is 0. The minimum atomic E-state index is -0.0960. The summed E-state index contributed by atoms with van der Waals surface area (Å²) in [6.07, 6.45) is 4.23. The maximum atomic E-state index is 12.2. The van der Waals surface area contributed by atoms with Crippen molar-refractivity contribution in [2.24, 2.45) is 11.0 Å². The molecule has 1 aromatic heterocycles. The van der Waals surface area contributed by atoms with E-state index in [2.05, 4.69) is 46.6 Å². The molecule has 4 rings (SSSR count). The molecule has 0 saturated heterocycles. The molecule has 0 bridgehead atoms. The molecule has 5 heteroatoms. The molecule has 2 N–H and O–H groups in total. The molecule has 5 nitrogen and oxygen atoms in total. The van der Waals surface area contributed by atoms with Crippen LogP contribution in [0.5, 0.6) is 0 Å². The maximum Gasteiger partial charge on any atom is 0.273 e. The highest BCUT2D eigenvalue weighted by Crippen LogP contribution is 2.36. The number of nitrogens with zero attached hydrogens (tertiary/aromatic N) is 2. The van der Waals surface area contributed by atoms with Crippen LogP contribution in [0.15, 0.2) is 34.9 Å². The van der Waals surface area contributed by atoms with Crippen LogP contribution in [-0.4, -0.2) is 35.6 Å². The Bertz CT molecular complexity index is 840. The molecule has 118 valence electrons. The van der Waals surface area contributed by atoms with Crippen LogP contribution in [0.25, 0.3) is 17.0 Å². The molecular weight excluding hydrogens is 288 g/mol. The summed E-state index contributed by atoms with van der Waals surface area (Å²) in [5.74, 6) is 0.350. The van der Waals surface area contributed by atoms with E-state index in [4.69, 9.17) is 0 Å². The second-order valence-corrected chi connectivity index (χ2v) is 6.57. The number of fused-ring (bicyclic) bond motifs is 1. The number of hydrogen-bond donors (Lipinski definition) is 2. The van der Waals surface area contributed by atoms with Gasteiger partial charge >= 0.3 is 0 Å². The number of carbonyl (C=O) groups excluding carboxylic acids is 1. The molecule has 2 aromatic rings. The zero-order chi connectivity index (χ0) is 16.0. The fraction of sp³-hybridized carbons (Fsp3) is 0.333. The number of aromatic amines is 1. The molecule has 1 amide bonds. The smallest absolute Gasteiger partial charge is 0.273 e. The molecule has 0 radical (unpaired) electrons. The fourth-order valence-corrected chi connectivity index (χ4v) is 3.13. The van der Waals surface area contributed by atoms with Crippen LogP contribution in [0.2, 0.25) is 0 Å². The number of rotatable bonds is 4. The lowest BCUT2D eigenvalue weighted by Crippen LogP contribution is -2.14. The van der Waals surface area contributed by atoms with Gasteiger partial charge in [0, 0.05) is 29.1 Å². The van der Waals surface area contributed by atoms with Crippen LogP contribution < -0.4 is 5.43 Å². The summed E-state index contributed by atoms with van der Waals surface area (Å²) >= 11 is 0. The van der Waals surface area contributed by atoms with E-state index in [1.807, 2.05) is 18.2 Å². The minimum absolute atomic E-state index is 0.0960. The van der Waals surface area contributed by atoms with Crippen molar-refractivity contribution in [2.75, 3.05) is 14.1 Å². The molecule has 23 heavy (non-hydrogen) atoms. The maximum absolute atomic E-state index is 12.2. The lowest BCUT2D eigenvalue weighted by atomic mass is 10.0. The molecule has 1 aromatic carbocycles. The van der Waals surface area contributed by atoms with E-state index in [0.717, 1.165) is 36.3 Å². The van der Waals surface area contributed by atoms with Gasteiger partial charge in [0.15, 0.2) is 0 Å². The van der Waals surface area contributed by atoms with E-state index < -0.39 is 0 Å². The summed E-state index contributed by atoms with van der Waals surface area (Å²) in [5.41, 5.74) is 7.55. The number of H-pyrrole nitrogens is 1. The van der Waals surface area contributed by atoms with Gasteiger partial charge < -0.3 is 9.88 Å². The van der Waals surface area contributed by atoms with Gasteiger partial charge in [0.1, 0.15) is 0 Å². The topological polar surface area (TPSA) is 60.5 Å². The molecular formula is C18H20N4O. The Kier molecular flexibility index (Phi) is 3.31. The Morgan fingerprint density at radius 2 is 2.09 bits per heavy atom. The highest BCUT2D eigenvalue weighted by atomic mass is 16.2. The van der Waals surface area contributed by atoms with Gasteiger partial charge in [-0.3, -0.25) is 4.79 Å². The lowest BCUT2D eigenvalue weighted by molar-refractivity contribution is -0.116. The number of nitrogens with one attached hydrogen (secondary N) is 2. The Hall–Kier alpha value is -2.40. The number of carbonyl (C=O) groups is 1. The summed E-state index contributed by atoms with van der Waals surface area (Å²) in [6, 6.07) is 8.26. The van der Waals surface area contributed by atoms with Crippen LogP contribution in [0.3, 0.4) is 0 Å². The first-order valence-electron chi connectivity index (χ1n) is 7.98. The molecule has 2 aliphatic rings. The van der Waals surface area contributed by atoms with Crippen LogP contribution in [0.1, 0.15) is 24.1 Å². The van der Waals surface area contributed by atoms with Gasteiger partial charge in [-0.25, -0.2) is 5.43 Å². The van der Waals surface area contributed by atoms with Gasteiger partial charge in [0.05, 0.1) is 11.3 Å².